The van der Waals surface area contributed by atoms with Crippen LogP contribution in [-0.4, -0.2) is 12.5 Å². The average molecular weight is 286 g/mol. The van der Waals surface area contributed by atoms with Gasteiger partial charge in [-0.2, -0.15) is 0 Å². The van der Waals surface area contributed by atoms with Crippen LogP contribution in [0.2, 0.25) is 0 Å². The molecule has 0 unspecified atom stereocenters. The second kappa shape index (κ2) is 6.88. The van der Waals surface area contributed by atoms with Crippen molar-refractivity contribution in [2.24, 2.45) is 0 Å². The smallest absolute Gasteiger partial charge is 0.00695 e. The number of hydrogen-bond acceptors (Lipinski definition) is 2. The van der Waals surface area contributed by atoms with E-state index in [-0.39, 0.29) is 0 Å². The molecule has 0 N–H and O–H groups in total. The monoisotopic (exact) mass is 286 g/mol. The van der Waals surface area contributed by atoms with Crippen molar-refractivity contribution >= 4 is 35.2 Å². The third-order valence-corrected chi connectivity index (χ3v) is 4.53. The SMILES string of the molecule is CSc1ccc(/C=C(\C)c2ccc(SC)cc2)cc1. The van der Waals surface area contributed by atoms with E-state index in [0.29, 0.717) is 0 Å². The Morgan fingerprint density at radius 2 is 1.26 bits per heavy atom. The number of hydrogen-bond donors (Lipinski definition) is 0. The maximum Gasteiger partial charge on any atom is 0.00695 e. The van der Waals surface area contributed by atoms with Crippen LogP contribution >= 0.6 is 23.5 Å². The Bertz CT molecular complexity index is 551. The molecule has 0 heterocycles. The molecule has 2 rings (SSSR count). The molecule has 0 aliphatic carbocycles. The first-order chi connectivity index (χ1) is 9.22. The summed E-state index contributed by atoms with van der Waals surface area (Å²) < 4.78 is 0. The van der Waals surface area contributed by atoms with Gasteiger partial charge >= 0.3 is 0 Å². The van der Waals surface area contributed by atoms with E-state index in [1.807, 2.05) is 0 Å². The van der Waals surface area contributed by atoms with Gasteiger partial charge in [-0.3, -0.25) is 0 Å². The highest BCUT2D eigenvalue weighted by atomic mass is 32.2. The summed E-state index contributed by atoms with van der Waals surface area (Å²) in [4.78, 5) is 2.61. The Hall–Kier alpha value is -1.12. The molecular formula is C17H18S2. The van der Waals surface area contributed by atoms with Gasteiger partial charge in [0, 0.05) is 9.79 Å². The Morgan fingerprint density at radius 3 is 1.74 bits per heavy atom. The molecule has 0 fully saturated rings. The highest BCUT2D eigenvalue weighted by molar-refractivity contribution is 7.98. The highest BCUT2D eigenvalue weighted by Crippen LogP contribution is 2.22. The Morgan fingerprint density at radius 1 is 0.789 bits per heavy atom. The maximum atomic E-state index is 2.23. The third-order valence-electron chi connectivity index (χ3n) is 3.04. The van der Waals surface area contributed by atoms with Crippen LogP contribution in [0.4, 0.5) is 0 Å². The van der Waals surface area contributed by atoms with E-state index >= 15 is 0 Å². The predicted molar refractivity (Wildman–Crippen MR) is 90.0 cm³/mol. The minimum absolute atomic E-state index is 1.25. The van der Waals surface area contributed by atoms with Crippen LogP contribution in [0.15, 0.2) is 58.3 Å². The summed E-state index contributed by atoms with van der Waals surface area (Å²) in [5.41, 5.74) is 3.83. The molecule has 0 atom stereocenters. The third kappa shape index (κ3) is 3.92. The van der Waals surface area contributed by atoms with Crippen molar-refractivity contribution in [3.05, 3.63) is 59.7 Å². The van der Waals surface area contributed by atoms with Gasteiger partial charge in [0.1, 0.15) is 0 Å². The standard InChI is InChI=1S/C17H18S2/c1-13(15-6-10-17(19-3)11-7-15)12-14-4-8-16(18-2)9-5-14/h4-12H,1-3H3/b13-12+. The molecule has 0 radical (unpaired) electrons. The second-order valence-electron chi connectivity index (χ2n) is 4.33. The van der Waals surface area contributed by atoms with Gasteiger partial charge in [0.2, 0.25) is 0 Å². The molecule has 98 valence electrons. The van der Waals surface area contributed by atoms with E-state index in [4.69, 9.17) is 0 Å². The van der Waals surface area contributed by atoms with Gasteiger partial charge in [0.05, 0.1) is 0 Å². The number of benzene rings is 2. The summed E-state index contributed by atoms with van der Waals surface area (Å²) in [5, 5.41) is 0. The van der Waals surface area contributed by atoms with Gasteiger partial charge in [0.15, 0.2) is 0 Å². The van der Waals surface area contributed by atoms with Crippen LogP contribution in [0.25, 0.3) is 11.6 Å². The fourth-order valence-corrected chi connectivity index (χ4v) is 2.70. The van der Waals surface area contributed by atoms with Crippen molar-refractivity contribution in [1.82, 2.24) is 0 Å². The molecule has 0 nitrogen and oxygen atoms in total. The first-order valence-electron chi connectivity index (χ1n) is 6.19. The van der Waals surface area contributed by atoms with E-state index in [9.17, 15) is 0 Å². The van der Waals surface area contributed by atoms with Crippen molar-refractivity contribution in [2.75, 3.05) is 12.5 Å². The lowest BCUT2D eigenvalue weighted by molar-refractivity contribution is 1.43. The molecule has 2 heteroatoms. The summed E-state index contributed by atoms with van der Waals surface area (Å²) in [7, 11) is 0. The predicted octanol–water partition coefficient (Wildman–Crippen LogP) is 5.69. The summed E-state index contributed by atoms with van der Waals surface area (Å²) >= 11 is 3.55. The van der Waals surface area contributed by atoms with Crippen molar-refractivity contribution in [3.63, 3.8) is 0 Å². The zero-order valence-corrected chi connectivity index (χ0v) is 13.1. The van der Waals surface area contributed by atoms with E-state index in [1.54, 1.807) is 23.5 Å². The van der Waals surface area contributed by atoms with Gasteiger partial charge in [0.25, 0.3) is 0 Å². The summed E-state index contributed by atoms with van der Waals surface area (Å²) in [6, 6.07) is 17.4. The molecule has 0 aromatic heterocycles. The molecule has 2 aromatic rings. The first-order valence-corrected chi connectivity index (χ1v) is 8.64. The van der Waals surface area contributed by atoms with E-state index < -0.39 is 0 Å². The van der Waals surface area contributed by atoms with Crippen LogP contribution in [0.1, 0.15) is 18.1 Å². The topological polar surface area (TPSA) is 0 Å². The fraction of sp³-hybridized carbons (Fsp3) is 0.176. The van der Waals surface area contributed by atoms with Gasteiger partial charge < -0.3 is 0 Å². The quantitative estimate of drug-likeness (QED) is 0.523. The van der Waals surface area contributed by atoms with Gasteiger partial charge in [-0.15, -0.1) is 23.5 Å². The zero-order chi connectivity index (χ0) is 13.7. The molecule has 0 amide bonds. The molecular weight excluding hydrogens is 268 g/mol. The van der Waals surface area contributed by atoms with Gasteiger partial charge in [-0.1, -0.05) is 30.3 Å². The molecule has 0 saturated heterocycles. The van der Waals surface area contributed by atoms with Crippen LogP contribution in [0, 0.1) is 0 Å². The molecule has 0 spiro atoms. The van der Waals surface area contributed by atoms with Crippen LogP contribution < -0.4 is 0 Å². The Balaban J connectivity index is 2.20. The van der Waals surface area contributed by atoms with Crippen molar-refractivity contribution in [2.45, 2.75) is 16.7 Å². The maximum absolute atomic E-state index is 2.23. The molecule has 0 aliphatic heterocycles. The lowest BCUT2D eigenvalue weighted by Gasteiger charge is -2.04. The minimum atomic E-state index is 1.25. The van der Waals surface area contributed by atoms with Crippen molar-refractivity contribution in [1.29, 1.82) is 0 Å². The minimum Gasteiger partial charge on any atom is -0.130 e. The van der Waals surface area contributed by atoms with Crippen LogP contribution in [0.3, 0.4) is 0 Å². The van der Waals surface area contributed by atoms with E-state index in [2.05, 4.69) is 74.0 Å². The summed E-state index contributed by atoms with van der Waals surface area (Å²) in [6.07, 6.45) is 6.44. The van der Waals surface area contributed by atoms with E-state index in [0.717, 1.165) is 0 Å². The van der Waals surface area contributed by atoms with Crippen molar-refractivity contribution < 1.29 is 0 Å². The molecule has 0 saturated carbocycles. The van der Waals surface area contributed by atoms with Crippen LogP contribution in [-0.2, 0) is 0 Å². The zero-order valence-electron chi connectivity index (χ0n) is 11.5. The lowest BCUT2D eigenvalue weighted by Crippen LogP contribution is -1.81. The van der Waals surface area contributed by atoms with Crippen LogP contribution in [0.5, 0.6) is 0 Å². The lowest BCUT2D eigenvalue weighted by atomic mass is 10.0. The Kier molecular flexibility index (Phi) is 5.17. The highest BCUT2D eigenvalue weighted by Gasteiger charge is 1.97. The molecule has 19 heavy (non-hydrogen) atoms. The summed E-state index contributed by atoms with van der Waals surface area (Å²) in [5.74, 6) is 0. The average Bonchev–Trinajstić information content (AvgIpc) is 2.48. The first kappa shape index (κ1) is 14.3. The largest absolute Gasteiger partial charge is 0.130 e. The number of allylic oxidation sites excluding steroid dienone is 1. The number of rotatable bonds is 4. The fourth-order valence-electron chi connectivity index (χ4n) is 1.89. The van der Waals surface area contributed by atoms with E-state index in [1.165, 1.54) is 26.5 Å². The normalized spacial score (nSPS) is 11.6. The number of thioether (sulfide) groups is 2. The molecule has 0 bridgehead atoms. The van der Waals surface area contributed by atoms with Gasteiger partial charge in [-0.05, 0) is 60.4 Å². The second-order valence-corrected chi connectivity index (χ2v) is 6.09. The Labute approximate surface area is 124 Å². The molecule has 2 aromatic carbocycles. The molecule has 0 aliphatic rings. The summed E-state index contributed by atoms with van der Waals surface area (Å²) in [6.45, 7) is 2.16. The van der Waals surface area contributed by atoms with Gasteiger partial charge in [-0.25, -0.2) is 0 Å². The van der Waals surface area contributed by atoms with Crippen molar-refractivity contribution in [3.8, 4) is 0 Å².